The molecule has 1 aliphatic heterocycles. The number of oxazole rings is 1. The number of rotatable bonds is 6. The quantitative estimate of drug-likeness (QED) is 0.653. The Balaban J connectivity index is 1.30. The number of hydrogen-bond acceptors (Lipinski definition) is 5. The maximum absolute atomic E-state index is 12.5. The summed E-state index contributed by atoms with van der Waals surface area (Å²) in [4.78, 5) is 21.7. The average molecular weight is 419 g/mol. The molecular weight excluding hydrogens is 388 g/mol. The molecule has 1 unspecified atom stereocenters. The highest BCUT2D eigenvalue weighted by Gasteiger charge is 2.21. The molecule has 6 heteroatoms. The highest BCUT2D eigenvalue weighted by atomic mass is 16.3. The fraction of sp³-hybridized carbons (Fsp3) is 0.360. The molecule has 1 atom stereocenters. The van der Waals surface area contributed by atoms with Crippen molar-refractivity contribution in [3.05, 3.63) is 83.1 Å². The first kappa shape index (κ1) is 21.1. The molecule has 0 radical (unpaired) electrons. The summed E-state index contributed by atoms with van der Waals surface area (Å²) < 4.78 is 5.59. The van der Waals surface area contributed by atoms with Gasteiger partial charge in [0, 0.05) is 31.9 Å². The van der Waals surface area contributed by atoms with Gasteiger partial charge in [0.1, 0.15) is 6.26 Å². The topological polar surface area (TPSA) is 61.6 Å². The second-order valence-electron chi connectivity index (χ2n) is 8.21. The molecule has 1 saturated heterocycles. The summed E-state index contributed by atoms with van der Waals surface area (Å²) in [5.74, 6) is 0.365. The van der Waals surface area contributed by atoms with Gasteiger partial charge >= 0.3 is 0 Å². The highest BCUT2D eigenvalue weighted by molar-refractivity contribution is 5.92. The summed E-state index contributed by atoms with van der Waals surface area (Å²) in [5, 5.41) is 2.98. The number of benzene rings is 2. The van der Waals surface area contributed by atoms with E-state index in [4.69, 9.17) is 4.42 Å². The SMILES string of the molecule is Cc1cccc(N2CCN(Cc3nc(C(=O)NC(C)c4ccccc4)co3)CC2)c1C. The van der Waals surface area contributed by atoms with E-state index in [1.165, 1.54) is 23.1 Å². The van der Waals surface area contributed by atoms with Crippen LogP contribution in [0.4, 0.5) is 5.69 Å². The molecule has 1 aliphatic rings. The number of piperazine rings is 1. The fourth-order valence-corrected chi connectivity index (χ4v) is 4.00. The largest absolute Gasteiger partial charge is 0.447 e. The number of nitrogens with zero attached hydrogens (tertiary/aromatic N) is 3. The smallest absolute Gasteiger partial charge is 0.273 e. The number of anilines is 1. The van der Waals surface area contributed by atoms with Gasteiger partial charge in [-0.3, -0.25) is 9.69 Å². The number of carbonyl (C=O) groups is 1. The molecule has 3 aromatic rings. The van der Waals surface area contributed by atoms with Crippen LogP contribution in [0.2, 0.25) is 0 Å². The molecule has 1 fully saturated rings. The Morgan fingerprint density at radius 3 is 2.55 bits per heavy atom. The van der Waals surface area contributed by atoms with Crippen LogP contribution in [0.15, 0.2) is 59.2 Å². The van der Waals surface area contributed by atoms with Crippen LogP contribution in [0.5, 0.6) is 0 Å². The lowest BCUT2D eigenvalue weighted by molar-refractivity contribution is 0.0934. The van der Waals surface area contributed by atoms with Gasteiger partial charge in [-0.05, 0) is 43.5 Å². The molecule has 0 bridgehead atoms. The van der Waals surface area contributed by atoms with E-state index >= 15 is 0 Å². The molecule has 162 valence electrons. The second kappa shape index (κ2) is 9.35. The van der Waals surface area contributed by atoms with Crippen molar-refractivity contribution in [3.8, 4) is 0 Å². The second-order valence-corrected chi connectivity index (χ2v) is 8.21. The van der Waals surface area contributed by atoms with Crippen molar-refractivity contribution in [2.45, 2.75) is 33.4 Å². The van der Waals surface area contributed by atoms with Crippen molar-refractivity contribution in [1.29, 1.82) is 0 Å². The van der Waals surface area contributed by atoms with Gasteiger partial charge in [0.25, 0.3) is 5.91 Å². The molecule has 1 aromatic heterocycles. The van der Waals surface area contributed by atoms with E-state index in [0.29, 0.717) is 18.1 Å². The molecule has 6 nitrogen and oxygen atoms in total. The molecule has 1 amide bonds. The first-order chi connectivity index (χ1) is 15.0. The Kier molecular flexibility index (Phi) is 6.37. The summed E-state index contributed by atoms with van der Waals surface area (Å²) in [7, 11) is 0. The van der Waals surface area contributed by atoms with Crippen LogP contribution in [0.3, 0.4) is 0 Å². The van der Waals surface area contributed by atoms with Gasteiger partial charge in [0.15, 0.2) is 5.69 Å². The third-order valence-electron chi connectivity index (χ3n) is 6.08. The molecule has 2 heterocycles. The van der Waals surface area contributed by atoms with E-state index in [1.807, 2.05) is 37.3 Å². The first-order valence-corrected chi connectivity index (χ1v) is 10.8. The van der Waals surface area contributed by atoms with Crippen LogP contribution in [0, 0.1) is 13.8 Å². The van der Waals surface area contributed by atoms with Crippen molar-refractivity contribution in [2.24, 2.45) is 0 Å². The molecule has 4 rings (SSSR count). The van der Waals surface area contributed by atoms with Crippen molar-refractivity contribution < 1.29 is 9.21 Å². The zero-order valence-corrected chi connectivity index (χ0v) is 18.5. The minimum Gasteiger partial charge on any atom is -0.447 e. The standard InChI is InChI=1S/C25H30N4O2/c1-18-8-7-11-23(19(18)2)29-14-12-28(13-15-29)16-24-27-22(17-31-24)25(30)26-20(3)21-9-5-4-6-10-21/h4-11,17,20H,12-16H2,1-3H3,(H,26,30). The van der Waals surface area contributed by atoms with Crippen LogP contribution in [-0.4, -0.2) is 42.0 Å². The van der Waals surface area contributed by atoms with Crippen LogP contribution in [0.25, 0.3) is 0 Å². The number of aromatic nitrogens is 1. The van der Waals surface area contributed by atoms with E-state index in [0.717, 1.165) is 31.7 Å². The zero-order valence-electron chi connectivity index (χ0n) is 18.5. The molecule has 0 aliphatic carbocycles. The molecular formula is C25H30N4O2. The maximum atomic E-state index is 12.5. The van der Waals surface area contributed by atoms with Gasteiger partial charge in [-0.2, -0.15) is 0 Å². The minimum atomic E-state index is -0.217. The first-order valence-electron chi connectivity index (χ1n) is 10.8. The van der Waals surface area contributed by atoms with Crippen molar-refractivity contribution in [1.82, 2.24) is 15.2 Å². The molecule has 31 heavy (non-hydrogen) atoms. The van der Waals surface area contributed by atoms with Gasteiger partial charge in [-0.25, -0.2) is 4.98 Å². The van der Waals surface area contributed by atoms with Gasteiger partial charge < -0.3 is 14.6 Å². The average Bonchev–Trinajstić information content (AvgIpc) is 3.25. The number of amides is 1. The van der Waals surface area contributed by atoms with Gasteiger partial charge in [0.05, 0.1) is 12.6 Å². The monoisotopic (exact) mass is 418 g/mol. The van der Waals surface area contributed by atoms with Crippen LogP contribution in [0.1, 0.15) is 46.0 Å². The number of hydrogen-bond donors (Lipinski definition) is 1. The number of nitrogens with one attached hydrogen (secondary N) is 1. The Morgan fingerprint density at radius 1 is 1.06 bits per heavy atom. The predicted molar refractivity (Wildman–Crippen MR) is 122 cm³/mol. The van der Waals surface area contributed by atoms with Crippen LogP contribution in [-0.2, 0) is 6.54 Å². The molecule has 0 saturated carbocycles. The number of aryl methyl sites for hydroxylation is 1. The van der Waals surface area contributed by atoms with Gasteiger partial charge in [0.2, 0.25) is 5.89 Å². The van der Waals surface area contributed by atoms with Crippen molar-refractivity contribution >= 4 is 11.6 Å². The Bertz CT molecular complexity index is 1020. The third kappa shape index (κ3) is 4.97. The summed E-state index contributed by atoms with van der Waals surface area (Å²) in [6.07, 6.45) is 1.45. The van der Waals surface area contributed by atoms with E-state index in [1.54, 1.807) is 0 Å². The minimum absolute atomic E-state index is 0.0907. The van der Waals surface area contributed by atoms with E-state index in [2.05, 4.69) is 52.1 Å². The summed E-state index contributed by atoms with van der Waals surface area (Å²) >= 11 is 0. The Labute approximate surface area is 183 Å². The third-order valence-corrected chi connectivity index (χ3v) is 6.08. The van der Waals surface area contributed by atoms with Crippen molar-refractivity contribution in [2.75, 3.05) is 31.1 Å². The van der Waals surface area contributed by atoms with E-state index in [9.17, 15) is 4.79 Å². The highest BCUT2D eigenvalue weighted by Crippen LogP contribution is 2.24. The lowest BCUT2D eigenvalue weighted by Crippen LogP contribution is -2.46. The summed E-state index contributed by atoms with van der Waals surface area (Å²) in [6, 6.07) is 16.3. The molecule has 1 N–H and O–H groups in total. The van der Waals surface area contributed by atoms with Crippen LogP contribution >= 0.6 is 0 Å². The number of carbonyl (C=O) groups excluding carboxylic acids is 1. The zero-order chi connectivity index (χ0) is 21.8. The maximum Gasteiger partial charge on any atom is 0.273 e. The normalized spacial score (nSPS) is 15.6. The van der Waals surface area contributed by atoms with Gasteiger partial charge in [-0.15, -0.1) is 0 Å². The fourth-order valence-electron chi connectivity index (χ4n) is 4.00. The molecule has 2 aromatic carbocycles. The van der Waals surface area contributed by atoms with E-state index in [-0.39, 0.29) is 11.9 Å². The molecule has 0 spiro atoms. The Morgan fingerprint density at radius 2 is 1.81 bits per heavy atom. The summed E-state index contributed by atoms with van der Waals surface area (Å²) in [5.41, 5.74) is 5.38. The van der Waals surface area contributed by atoms with Crippen LogP contribution < -0.4 is 10.2 Å². The van der Waals surface area contributed by atoms with E-state index < -0.39 is 0 Å². The van der Waals surface area contributed by atoms with Gasteiger partial charge in [-0.1, -0.05) is 42.5 Å². The predicted octanol–water partition coefficient (Wildman–Crippen LogP) is 4.10. The lowest BCUT2D eigenvalue weighted by atomic mass is 10.1. The summed E-state index contributed by atoms with van der Waals surface area (Å²) in [6.45, 7) is 10.7. The van der Waals surface area contributed by atoms with Crippen molar-refractivity contribution in [3.63, 3.8) is 0 Å². The Hall–Kier alpha value is -3.12. The lowest BCUT2D eigenvalue weighted by Gasteiger charge is -2.36.